The molecule has 4 rings (SSSR count). The molecule has 1 aliphatic carbocycles. The van der Waals surface area contributed by atoms with Crippen LogP contribution in [0.15, 0.2) is 29.1 Å². The number of carbonyl (C=O) groups is 1. The number of hydrogen-bond acceptors (Lipinski definition) is 7. The molecule has 0 aromatic heterocycles. The number of rotatable bonds is 6. The molecule has 1 heterocycles. The van der Waals surface area contributed by atoms with Crippen molar-refractivity contribution >= 4 is 11.6 Å². The van der Waals surface area contributed by atoms with Crippen molar-refractivity contribution in [3.05, 3.63) is 45.6 Å². The van der Waals surface area contributed by atoms with Crippen molar-refractivity contribution in [1.82, 2.24) is 5.32 Å². The summed E-state index contributed by atoms with van der Waals surface area (Å²) in [5.74, 6) is 1.40. The average Bonchev–Trinajstić information content (AvgIpc) is 3.17. The molecule has 2 N–H and O–H groups in total. The van der Waals surface area contributed by atoms with Gasteiger partial charge in [0, 0.05) is 19.0 Å². The topological polar surface area (TPSA) is 97.3 Å². The molecule has 1 saturated heterocycles. The number of benzene rings is 1. The molecule has 1 aliphatic heterocycles. The molecule has 1 amide bonds. The number of carbonyl (C=O) groups excluding carboxylic acids is 1. The van der Waals surface area contributed by atoms with Crippen LogP contribution < -0.4 is 29.9 Å². The van der Waals surface area contributed by atoms with E-state index in [-0.39, 0.29) is 30.0 Å². The van der Waals surface area contributed by atoms with Gasteiger partial charge in [-0.2, -0.15) is 0 Å². The zero-order valence-electron chi connectivity index (χ0n) is 20.1. The van der Waals surface area contributed by atoms with E-state index >= 15 is 0 Å². The van der Waals surface area contributed by atoms with Crippen molar-refractivity contribution in [1.29, 1.82) is 0 Å². The summed E-state index contributed by atoms with van der Waals surface area (Å²) < 4.78 is 17.0. The smallest absolute Gasteiger partial charge is 0.217 e. The molecule has 8 nitrogen and oxygen atoms in total. The highest BCUT2D eigenvalue weighted by Gasteiger charge is 2.31. The summed E-state index contributed by atoms with van der Waals surface area (Å²) in [5, 5.41) is 12.8. The van der Waals surface area contributed by atoms with Gasteiger partial charge in [-0.1, -0.05) is 6.07 Å². The third-order valence-electron chi connectivity index (χ3n) is 6.79. The van der Waals surface area contributed by atoms with Crippen LogP contribution in [0.25, 0.3) is 11.1 Å². The first-order chi connectivity index (χ1) is 16.4. The minimum atomic E-state index is -0.346. The Bertz CT molecular complexity index is 1150. The molecule has 0 unspecified atom stereocenters. The number of methoxy groups -OCH3 is 3. The van der Waals surface area contributed by atoms with Gasteiger partial charge in [-0.05, 0) is 60.6 Å². The van der Waals surface area contributed by atoms with Crippen LogP contribution in [-0.4, -0.2) is 51.5 Å². The first-order valence-corrected chi connectivity index (χ1v) is 11.6. The predicted octanol–water partition coefficient (Wildman–Crippen LogP) is 2.82. The lowest BCUT2D eigenvalue weighted by atomic mass is 9.95. The fourth-order valence-electron chi connectivity index (χ4n) is 5.28. The Hall–Kier alpha value is -3.26. The van der Waals surface area contributed by atoms with E-state index in [9.17, 15) is 14.7 Å². The van der Waals surface area contributed by atoms with E-state index in [1.54, 1.807) is 27.4 Å². The van der Waals surface area contributed by atoms with E-state index in [1.807, 2.05) is 23.1 Å². The van der Waals surface area contributed by atoms with Gasteiger partial charge in [-0.15, -0.1) is 0 Å². The third-order valence-corrected chi connectivity index (χ3v) is 6.79. The van der Waals surface area contributed by atoms with E-state index in [1.165, 1.54) is 6.92 Å². The van der Waals surface area contributed by atoms with E-state index in [4.69, 9.17) is 14.2 Å². The molecular weight excluding hydrogens is 436 g/mol. The van der Waals surface area contributed by atoms with Crippen LogP contribution in [0.5, 0.6) is 17.2 Å². The Kier molecular flexibility index (Phi) is 6.97. The van der Waals surface area contributed by atoms with Crippen LogP contribution in [0.2, 0.25) is 0 Å². The number of amides is 1. The van der Waals surface area contributed by atoms with Gasteiger partial charge in [-0.25, -0.2) is 0 Å². The number of hydrogen-bond donors (Lipinski definition) is 2. The molecule has 182 valence electrons. The molecule has 2 aromatic rings. The Labute approximate surface area is 199 Å². The van der Waals surface area contributed by atoms with Crippen LogP contribution in [-0.2, 0) is 11.2 Å². The number of nitrogens with zero attached hydrogens (tertiary/aromatic N) is 1. The third kappa shape index (κ3) is 4.18. The van der Waals surface area contributed by atoms with E-state index in [0.29, 0.717) is 35.8 Å². The molecule has 0 bridgehead atoms. The van der Waals surface area contributed by atoms with Gasteiger partial charge in [0.25, 0.3) is 0 Å². The van der Waals surface area contributed by atoms with E-state index in [2.05, 4.69) is 5.32 Å². The summed E-state index contributed by atoms with van der Waals surface area (Å²) in [6, 6.07) is 6.89. The maximum absolute atomic E-state index is 13.5. The highest BCUT2D eigenvalue weighted by Crippen LogP contribution is 2.50. The number of aliphatic hydroxyl groups is 1. The van der Waals surface area contributed by atoms with Gasteiger partial charge < -0.3 is 29.5 Å². The number of anilines is 1. The van der Waals surface area contributed by atoms with Gasteiger partial charge >= 0.3 is 0 Å². The lowest BCUT2D eigenvalue weighted by Crippen LogP contribution is -2.34. The molecule has 2 aromatic carbocycles. The average molecular weight is 469 g/mol. The summed E-state index contributed by atoms with van der Waals surface area (Å²) in [6.45, 7) is 2.20. The molecule has 0 spiro atoms. The lowest BCUT2D eigenvalue weighted by molar-refractivity contribution is -0.119. The zero-order chi connectivity index (χ0) is 24.4. The Morgan fingerprint density at radius 1 is 1.12 bits per heavy atom. The molecule has 1 fully saturated rings. The number of fused-ring (bicyclic) bond motifs is 3. The fourth-order valence-corrected chi connectivity index (χ4v) is 5.28. The Balaban J connectivity index is 2.01. The number of aryl methyl sites for hydroxylation is 1. The summed E-state index contributed by atoms with van der Waals surface area (Å²) in [4.78, 5) is 27.5. The largest absolute Gasteiger partial charge is 0.493 e. The second-order valence-electron chi connectivity index (χ2n) is 8.74. The van der Waals surface area contributed by atoms with E-state index < -0.39 is 0 Å². The minimum absolute atomic E-state index is 0.0000698. The van der Waals surface area contributed by atoms with Crippen molar-refractivity contribution in [2.75, 3.05) is 39.4 Å². The molecule has 2 atom stereocenters. The van der Waals surface area contributed by atoms with Crippen molar-refractivity contribution in [3.8, 4) is 28.4 Å². The summed E-state index contributed by atoms with van der Waals surface area (Å²) in [6.07, 6.45) is 3.02. The zero-order valence-corrected chi connectivity index (χ0v) is 20.1. The molecule has 0 saturated carbocycles. The van der Waals surface area contributed by atoms with Gasteiger partial charge in [-0.3, -0.25) is 9.59 Å². The molecule has 0 radical (unpaired) electrons. The number of nitrogens with one attached hydrogen (secondary N) is 1. The second kappa shape index (κ2) is 9.93. The van der Waals surface area contributed by atoms with Crippen LogP contribution >= 0.6 is 0 Å². The maximum Gasteiger partial charge on any atom is 0.217 e. The lowest BCUT2D eigenvalue weighted by Gasteiger charge is -2.23. The van der Waals surface area contributed by atoms with Crippen LogP contribution in [0.3, 0.4) is 0 Å². The van der Waals surface area contributed by atoms with Crippen molar-refractivity contribution in [3.63, 3.8) is 0 Å². The summed E-state index contributed by atoms with van der Waals surface area (Å²) in [7, 11) is 4.72. The number of ether oxygens (including phenoxy) is 3. The SMILES string of the molecule is COc1cc2c(c(OC)c1OC)-c1ccc(N3CCC[C@@H]3CO)c(=O)cc1[C@@H](NC(C)=O)CC2. The molecule has 8 heteroatoms. The van der Waals surface area contributed by atoms with Crippen molar-refractivity contribution in [2.45, 2.75) is 44.7 Å². The van der Waals surface area contributed by atoms with Gasteiger partial charge in [0.15, 0.2) is 11.5 Å². The first kappa shape index (κ1) is 23.9. The van der Waals surface area contributed by atoms with Crippen LogP contribution in [0.1, 0.15) is 43.4 Å². The molecular formula is C26H32N2O6. The fraction of sp³-hybridized carbons (Fsp3) is 0.462. The monoisotopic (exact) mass is 468 g/mol. The van der Waals surface area contributed by atoms with Gasteiger partial charge in [0.05, 0.1) is 45.7 Å². The molecule has 34 heavy (non-hydrogen) atoms. The minimum Gasteiger partial charge on any atom is -0.493 e. The maximum atomic E-state index is 13.5. The standard InChI is InChI=1S/C26H32N2O6/c1-15(30)27-20-9-7-16-12-23(32-2)25(33-3)26(34-4)24(16)18-8-10-21(22(31)13-19(18)20)28-11-5-6-17(28)14-29/h8,10,12-13,17,20,29H,5-7,9,11,14H2,1-4H3,(H,27,30)/t17-,20+/m1/s1. The highest BCUT2D eigenvalue weighted by atomic mass is 16.5. The van der Waals surface area contributed by atoms with Crippen LogP contribution in [0, 0.1) is 0 Å². The Morgan fingerprint density at radius 2 is 1.88 bits per heavy atom. The van der Waals surface area contributed by atoms with Gasteiger partial charge in [0.2, 0.25) is 17.1 Å². The van der Waals surface area contributed by atoms with Crippen LogP contribution in [0.4, 0.5) is 5.69 Å². The summed E-state index contributed by atoms with van der Waals surface area (Å²) >= 11 is 0. The summed E-state index contributed by atoms with van der Waals surface area (Å²) in [5.41, 5.74) is 3.75. The quantitative estimate of drug-likeness (QED) is 0.673. The highest BCUT2D eigenvalue weighted by molar-refractivity contribution is 5.83. The molecule has 2 aliphatic rings. The second-order valence-corrected chi connectivity index (χ2v) is 8.74. The van der Waals surface area contributed by atoms with Gasteiger partial charge in [0.1, 0.15) is 0 Å². The first-order valence-electron chi connectivity index (χ1n) is 11.6. The van der Waals surface area contributed by atoms with E-state index in [0.717, 1.165) is 41.6 Å². The Morgan fingerprint density at radius 3 is 2.53 bits per heavy atom. The number of aliphatic hydroxyl groups excluding tert-OH is 1. The van der Waals surface area contributed by atoms with Crippen molar-refractivity contribution in [2.24, 2.45) is 0 Å². The normalized spacial score (nSPS) is 19.0. The van der Waals surface area contributed by atoms with Crippen molar-refractivity contribution < 1.29 is 24.1 Å². The predicted molar refractivity (Wildman–Crippen MR) is 130 cm³/mol.